The van der Waals surface area contributed by atoms with Crippen LogP contribution in [0.2, 0.25) is 0 Å². The van der Waals surface area contributed by atoms with Crippen molar-refractivity contribution in [3.8, 4) is 0 Å². The smallest absolute Gasteiger partial charge is 0.271 e. The van der Waals surface area contributed by atoms with Gasteiger partial charge in [-0.1, -0.05) is 5.16 Å². The Morgan fingerprint density at radius 1 is 1.27 bits per heavy atom. The molecule has 8 heteroatoms. The van der Waals surface area contributed by atoms with Gasteiger partial charge in [-0.05, 0) is 34.0 Å². The van der Waals surface area contributed by atoms with Crippen molar-refractivity contribution in [2.75, 3.05) is 32.5 Å². The summed E-state index contributed by atoms with van der Waals surface area (Å²) in [6.07, 6.45) is 3.80. The third-order valence-corrected chi connectivity index (χ3v) is 2.84. The minimum absolute atomic E-state index is 0.227. The van der Waals surface area contributed by atoms with E-state index in [0.717, 1.165) is 13.0 Å². The first-order chi connectivity index (χ1) is 10.5. The van der Waals surface area contributed by atoms with Gasteiger partial charge in [0, 0.05) is 12.6 Å². The normalized spacial score (nSPS) is 10.7. The van der Waals surface area contributed by atoms with Crippen molar-refractivity contribution in [2.24, 2.45) is 0 Å². The minimum Gasteiger partial charge on any atom is -0.360 e. The largest absolute Gasteiger partial charge is 0.360 e. The summed E-state index contributed by atoms with van der Waals surface area (Å²) in [5, 5.41) is 9.55. The Hall–Kier alpha value is -2.48. The quantitative estimate of drug-likeness (QED) is 0.742. The zero-order chi connectivity index (χ0) is 15.9. The first-order valence-corrected chi connectivity index (χ1v) is 7.00. The van der Waals surface area contributed by atoms with Crippen LogP contribution in [0, 0.1) is 6.92 Å². The van der Waals surface area contributed by atoms with Gasteiger partial charge in [-0.2, -0.15) is 0 Å². The van der Waals surface area contributed by atoms with E-state index in [9.17, 15) is 4.79 Å². The van der Waals surface area contributed by atoms with Gasteiger partial charge < -0.3 is 20.1 Å². The van der Waals surface area contributed by atoms with Crippen molar-refractivity contribution in [3.05, 3.63) is 29.9 Å². The van der Waals surface area contributed by atoms with E-state index in [1.165, 1.54) is 12.4 Å². The van der Waals surface area contributed by atoms with Crippen LogP contribution in [-0.2, 0) is 0 Å². The average Bonchev–Trinajstić information content (AvgIpc) is 2.89. The van der Waals surface area contributed by atoms with Gasteiger partial charge in [0.25, 0.3) is 5.91 Å². The van der Waals surface area contributed by atoms with E-state index in [1.807, 2.05) is 14.1 Å². The number of hydrogen-bond acceptors (Lipinski definition) is 7. The van der Waals surface area contributed by atoms with E-state index in [0.29, 0.717) is 23.9 Å². The Morgan fingerprint density at radius 3 is 2.68 bits per heavy atom. The number of nitrogens with one attached hydrogen (secondary N) is 2. The maximum atomic E-state index is 11.9. The highest BCUT2D eigenvalue weighted by Crippen LogP contribution is 2.12. The molecule has 0 aliphatic rings. The monoisotopic (exact) mass is 304 g/mol. The summed E-state index contributed by atoms with van der Waals surface area (Å²) in [4.78, 5) is 22.2. The molecule has 2 aromatic heterocycles. The summed E-state index contributed by atoms with van der Waals surface area (Å²) in [5.41, 5.74) is 0.284. The molecule has 2 rings (SSSR count). The lowest BCUT2D eigenvalue weighted by atomic mass is 10.3. The number of aryl methyl sites for hydroxylation is 1. The first kappa shape index (κ1) is 15.9. The maximum absolute atomic E-state index is 11.9. The molecule has 0 bridgehead atoms. The van der Waals surface area contributed by atoms with Crippen LogP contribution >= 0.6 is 0 Å². The lowest BCUT2D eigenvalue weighted by Crippen LogP contribution is -2.27. The van der Waals surface area contributed by atoms with Gasteiger partial charge in [-0.3, -0.25) is 4.79 Å². The second kappa shape index (κ2) is 7.51. The van der Waals surface area contributed by atoms with Gasteiger partial charge in [-0.25, -0.2) is 9.97 Å². The molecule has 0 saturated heterocycles. The Kier molecular flexibility index (Phi) is 5.42. The number of anilines is 2. The first-order valence-electron chi connectivity index (χ1n) is 7.00. The minimum atomic E-state index is -0.227. The summed E-state index contributed by atoms with van der Waals surface area (Å²) < 4.78 is 4.94. The number of carbonyl (C=O) groups is 1. The molecule has 0 radical (unpaired) electrons. The molecule has 0 aliphatic carbocycles. The van der Waals surface area contributed by atoms with Crippen molar-refractivity contribution in [2.45, 2.75) is 13.3 Å². The molecule has 2 aromatic rings. The lowest BCUT2D eigenvalue weighted by Gasteiger charge is -2.09. The highest BCUT2D eigenvalue weighted by Gasteiger charge is 2.08. The van der Waals surface area contributed by atoms with Crippen LogP contribution in [-0.4, -0.2) is 53.1 Å². The van der Waals surface area contributed by atoms with E-state index >= 15 is 0 Å². The lowest BCUT2D eigenvalue weighted by molar-refractivity contribution is 0.0947. The highest BCUT2D eigenvalue weighted by molar-refractivity contribution is 5.92. The van der Waals surface area contributed by atoms with Gasteiger partial charge >= 0.3 is 0 Å². The number of carbonyl (C=O) groups excluding carboxylic acids is 1. The number of rotatable bonds is 7. The number of aromatic nitrogens is 3. The molecular weight excluding hydrogens is 284 g/mol. The van der Waals surface area contributed by atoms with E-state index < -0.39 is 0 Å². The zero-order valence-electron chi connectivity index (χ0n) is 13.0. The van der Waals surface area contributed by atoms with E-state index in [1.54, 1.807) is 13.0 Å². The number of hydrogen-bond donors (Lipinski definition) is 2. The molecule has 1 amide bonds. The van der Waals surface area contributed by atoms with Crippen LogP contribution in [0.5, 0.6) is 0 Å². The van der Waals surface area contributed by atoms with Crippen molar-refractivity contribution in [3.63, 3.8) is 0 Å². The van der Waals surface area contributed by atoms with Crippen LogP contribution in [0.3, 0.4) is 0 Å². The summed E-state index contributed by atoms with van der Waals surface area (Å²) in [5.74, 6) is 1.52. The Bertz CT molecular complexity index is 608. The third-order valence-electron chi connectivity index (χ3n) is 2.84. The molecule has 22 heavy (non-hydrogen) atoms. The molecular formula is C14H20N6O2. The summed E-state index contributed by atoms with van der Waals surface area (Å²) in [6.45, 7) is 3.33. The second-order valence-electron chi connectivity index (χ2n) is 5.15. The molecule has 8 nitrogen and oxygen atoms in total. The second-order valence-corrected chi connectivity index (χ2v) is 5.15. The van der Waals surface area contributed by atoms with Gasteiger partial charge in [-0.15, -0.1) is 0 Å². The molecule has 0 aliphatic heterocycles. The molecule has 2 heterocycles. The predicted octanol–water partition coefficient (Wildman–Crippen LogP) is 1.20. The van der Waals surface area contributed by atoms with Crippen molar-refractivity contribution < 1.29 is 9.32 Å². The van der Waals surface area contributed by atoms with E-state index in [-0.39, 0.29) is 11.6 Å². The summed E-state index contributed by atoms with van der Waals surface area (Å²) in [7, 11) is 3.99. The SMILES string of the molecule is Cc1cc(Nc2cnc(C(=O)NCCCN(C)C)cn2)no1. The Labute approximate surface area is 128 Å². The standard InChI is InChI=1S/C14H20N6O2/c1-10-7-12(19-22-10)18-13-9-16-11(8-17-13)14(21)15-5-4-6-20(2)3/h7-9H,4-6H2,1-3H3,(H,15,21)(H,17,18,19). The van der Waals surface area contributed by atoms with Crippen molar-refractivity contribution in [1.29, 1.82) is 0 Å². The molecule has 0 atom stereocenters. The zero-order valence-corrected chi connectivity index (χ0v) is 13.0. The van der Waals surface area contributed by atoms with Crippen LogP contribution in [0.1, 0.15) is 22.7 Å². The Morgan fingerprint density at radius 2 is 2.09 bits per heavy atom. The maximum Gasteiger partial charge on any atom is 0.271 e. The predicted molar refractivity (Wildman–Crippen MR) is 82.1 cm³/mol. The summed E-state index contributed by atoms with van der Waals surface area (Å²) in [6, 6.07) is 1.74. The molecule has 0 fully saturated rings. The average molecular weight is 304 g/mol. The van der Waals surface area contributed by atoms with Crippen molar-refractivity contribution >= 4 is 17.5 Å². The van der Waals surface area contributed by atoms with Gasteiger partial charge in [0.2, 0.25) is 0 Å². The van der Waals surface area contributed by atoms with Gasteiger partial charge in [0.15, 0.2) is 5.82 Å². The van der Waals surface area contributed by atoms with Gasteiger partial charge in [0.05, 0.1) is 12.4 Å². The van der Waals surface area contributed by atoms with Crippen LogP contribution in [0.25, 0.3) is 0 Å². The topological polar surface area (TPSA) is 96.2 Å². The third kappa shape index (κ3) is 4.81. The van der Waals surface area contributed by atoms with E-state index in [4.69, 9.17) is 4.52 Å². The molecule has 0 spiro atoms. The number of nitrogens with zero attached hydrogens (tertiary/aromatic N) is 4. The Balaban J connectivity index is 1.84. The molecule has 0 aromatic carbocycles. The molecule has 0 unspecified atom stereocenters. The van der Waals surface area contributed by atoms with Crippen molar-refractivity contribution in [1.82, 2.24) is 25.3 Å². The summed E-state index contributed by atoms with van der Waals surface area (Å²) >= 11 is 0. The fourth-order valence-electron chi connectivity index (χ4n) is 1.75. The molecule has 118 valence electrons. The van der Waals surface area contributed by atoms with Crippen LogP contribution < -0.4 is 10.6 Å². The van der Waals surface area contributed by atoms with E-state index in [2.05, 4.69) is 30.7 Å². The molecule has 0 saturated carbocycles. The van der Waals surface area contributed by atoms with Gasteiger partial charge in [0.1, 0.15) is 17.3 Å². The fraction of sp³-hybridized carbons (Fsp3) is 0.429. The molecule has 2 N–H and O–H groups in total. The highest BCUT2D eigenvalue weighted by atomic mass is 16.5. The number of amides is 1. The van der Waals surface area contributed by atoms with Crippen LogP contribution in [0.15, 0.2) is 23.0 Å². The van der Waals surface area contributed by atoms with Crippen LogP contribution in [0.4, 0.5) is 11.6 Å². The fourth-order valence-corrected chi connectivity index (χ4v) is 1.75.